The first-order valence-electron chi connectivity index (χ1n) is 8.68. The van der Waals surface area contributed by atoms with E-state index in [1.54, 1.807) is 12.5 Å². The lowest BCUT2D eigenvalue weighted by Crippen LogP contribution is -2.27. The first-order valence-corrected chi connectivity index (χ1v) is 9.47. The van der Waals surface area contributed by atoms with Gasteiger partial charge in [-0.25, -0.2) is 19.7 Å². The molecule has 3 aromatic heterocycles. The lowest BCUT2D eigenvalue weighted by Gasteiger charge is -2.20. The monoisotopic (exact) mass is 442 g/mol. The zero-order valence-electron chi connectivity index (χ0n) is 15.7. The first kappa shape index (κ1) is 18.4. The number of ether oxygens (including phenoxy) is 1. The standard InChI is InChI=1S/C19H19BrN6O2/c1-19(2,3)28-18(27)26-8-13(20)12-6-4-5-11(15(12)26)7-25-10-24-14-16(21)22-9-23-17(14)25/h4-6,8-10H,7H2,1-3H3,(H2,21,22,23). The number of carbonyl (C=O) groups is 1. The summed E-state index contributed by atoms with van der Waals surface area (Å²) in [5.74, 6) is 0.335. The predicted octanol–water partition coefficient (Wildman–Crippen LogP) is 3.96. The molecule has 0 saturated carbocycles. The molecule has 0 saturated heterocycles. The van der Waals surface area contributed by atoms with E-state index >= 15 is 0 Å². The topological polar surface area (TPSA) is 101 Å². The van der Waals surface area contributed by atoms with E-state index in [4.69, 9.17) is 10.5 Å². The molecule has 144 valence electrons. The fourth-order valence-electron chi connectivity index (χ4n) is 3.10. The lowest BCUT2D eigenvalue weighted by molar-refractivity contribution is 0.0544. The van der Waals surface area contributed by atoms with Crippen LogP contribution in [0.2, 0.25) is 0 Å². The number of para-hydroxylation sites is 1. The molecule has 8 nitrogen and oxygen atoms in total. The molecule has 0 aliphatic rings. The Balaban J connectivity index is 1.83. The molecule has 2 N–H and O–H groups in total. The number of nitrogen functional groups attached to an aromatic ring is 1. The Morgan fingerprint density at radius 3 is 2.79 bits per heavy atom. The summed E-state index contributed by atoms with van der Waals surface area (Å²) in [6, 6.07) is 5.87. The second kappa shape index (κ2) is 6.59. The van der Waals surface area contributed by atoms with E-state index in [0.29, 0.717) is 23.5 Å². The number of aromatic nitrogens is 5. The van der Waals surface area contributed by atoms with Crippen LogP contribution in [0.15, 0.2) is 41.5 Å². The van der Waals surface area contributed by atoms with Crippen LogP contribution < -0.4 is 5.73 Å². The maximum atomic E-state index is 12.8. The predicted molar refractivity (Wildman–Crippen MR) is 110 cm³/mol. The summed E-state index contributed by atoms with van der Waals surface area (Å²) in [4.78, 5) is 25.3. The number of nitrogens with zero attached hydrogens (tertiary/aromatic N) is 5. The highest BCUT2D eigenvalue weighted by molar-refractivity contribution is 9.10. The van der Waals surface area contributed by atoms with E-state index in [2.05, 4.69) is 30.9 Å². The van der Waals surface area contributed by atoms with Crippen LogP contribution in [-0.4, -0.2) is 35.8 Å². The maximum Gasteiger partial charge on any atom is 0.419 e. The van der Waals surface area contributed by atoms with Gasteiger partial charge in [0.1, 0.15) is 17.4 Å². The highest BCUT2D eigenvalue weighted by Crippen LogP contribution is 2.30. The molecule has 4 aromatic rings. The summed E-state index contributed by atoms with van der Waals surface area (Å²) in [7, 11) is 0. The fourth-order valence-corrected chi connectivity index (χ4v) is 3.62. The van der Waals surface area contributed by atoms with Crippen LogP contribution in [0.3, 0.4) is 0 Å². The van der Waals surface area contributed by atoms with Crippen molar-refractivity contribution in [2.24, 2.45) is 0 Å². The van der Waals surface area contributed by atoms with Crippen molar-refractivity contribution in [3.8, 4) is 0 Å². The normalized spacial score (nSPS) is 12.0. The second-order valence-electron chi connectivity index (χ2n) is 7.44. The number of rotatable bonds is 2. The Kier molecular flexibility index (Phi) is 4.34. The van der Waals surface area contributed by atoms with Gasteiger partial charge in [-0.3, -0.25) is 4.57 Å². The third kappa shape index (κ3) is 3.22. The maximum absolute atomic E-state index is 12.8. The van der Waals surface area contributed by atoms with Gasteiger partial charge in [0, 0.05) is 16.1 Å². The van der Waals surface area contributed by atoms with Crippen molar-refractivity contribution in [2.45, 2.75) is 32.9 Å². The second-order valence-corrected chi connectivity index (χ2v) is 8.30. The fraction of sp³-hybridized carbons (Fsp3) is 0.263. The van der Waals surface area contributed by atoms with E-state index in [9.17, 15) is 4.79 Å². The third-order valence-corrected chi connectivity index (χ3v) is 4.85. The van der Waals surface area contributed by atoms with Crippen molar-refractivity contribution < 1.29 is 9.53 Å². The zero-order chi connectivity index (χ0) is 20.1. The molecule has 3 heterocycles. The van der Waals surface area contributed by atoms with Crippen LogP contribution in [0.1, 0.15) is 26.3 Å². The van der Waals surface area contributed by atoms with Crippen LogP contribution in [-0.2, 0) is 11.3 Å². The van der Waals surface area contributed by atoms with Gasteiger partial charge in [0.25, 0.3) is 0 Å². The molecule has 0 aliphatic carbocycles. The van der Waals surface area contributed by atoms with Crippen molar-refractivity contribution in [3.05, 3.63) is 47.1 Å². The Hall–Kier alpha value is -2.94. The van der Waals surface area contributed by atoms with E-state index in [1.807, 2.05) is 43.5 Å². The van der Waals surface area contributed by atoms with E-state index in [-0.39, 0.29) is 0 Å². The Labute approximate surface area is 169 Å². The van der Waals surface area contributed by atoms with Crippen LogP contribution >= 0.6 is 15.9 Å². The summed E-state index contributed by atoms with van der Waals surface area (Å²) in [6.45, 7) is 5.99. The number of imidazole rings is 1. The minimum atomic E-state index is -0.593. The molecule has 28 heavy (non-hydrogen) atoms. The van der Waals surface area contributed by atoms with Crippen LogP contribution in [0.4, 0.5) is 10.6 Å². The smallest absolute Gasteiger partial charge is 0.419 e. The van der Waals surface area contributed by atoms with Crippen molar-refractivity contribution in [1.29, 1.82) is 0 Å². The SMILES string of the molecule is CC(C)(C)OC(=O)n1cc(Br)c2cccc(Cn3cnc4c(N)ncnc43)c21. The van der Waals surface area contributed by atoms with Gasteiger partial charge in [0.05, 0.1) is 18.4 Å². The first-order chi connectivity index (χ1) is 13.2. The molecule has 9 heteroatoms. The molecule has 0 unspecified atom stereocenters. The molecule has 0 amide bonds. The van der Waals surface area contributed by atoms with Crippen molar-refractivity contribution in [2.75, 3.05) is 5.73 Å². The largest absolute Gasteiger partial charge is 0.443 e. The number of hydrogen-bond donors (Lipinski definition) is 1. The minimum Gasteiger partial charge on any atom is -0.443 e. The third-order valence-electron chi connectivity index (χ3n) is 4.22. The van der Waals surface area contributed by atoms with Gasteiger partial charge >= 0.3 is 6.09 Å². The van der Waals surface area contributed by atoms with Crippen molar-refractivity contribution in [1.82, 2.24) is 24.1 Å². The van der Waals surface area contributed by atoms with E-state index in [0.717, 1.165) is 20.9 Å². The van der Waals surface area contributed by atoms with Gasteiger partial charge in [0.2, 0.25) is 0 Å². The number of benzene rings is 1. The summed E-state index contributed by atoms with van der Waals surface area (Å²) in [5, 5.41) is 0.918. The average Bonchev–Trinajstić information content (AvgIpc) is 3.17. The molecular weight excluding hydrogens is 424 g/mol. The molecule has 0 aliphatic heterocycles. The van der Waals surface area contributed by atoms with Gasteiger partial charge in [-0.05, 0) is 42.3 Å². The lowest BCUT2D eigenvalue weighted by atomic mass is 10.1. The van der Waals surface area contributed by atoms with Crippen LogP contribution in [0.5, 0.6) is 0 Å². The molecule has 1 aromatic carbocycles. The van der Waals surface area contributed by atoms with Crippen molar-refractivity contribution in [3.63, 3.8) is 0 Å². The summed E-state index contributed by atoms with van der Waals surface area (Å²) < 4.78 is 9.79. The van der Waals surface area contributed by atoms with Crippen LogP contribution in [0.25, 0.3) is 22.1 Å². The molecular formula is C19H19BrN6O2. The van der Waals surface area contributed by atoms with Gasteiger partial charge in [-0.1, -0.05) is 18.2 Å². The average molecular weight is 443 g/mol. The highest BCUT2D eigenvalue weighted by Gasteiger charge is 2.22. The molecule has 0 fully saturated rings. The minimum absolute atomic E-state index is 0.335. The Morgan fingerprint density at radius 2 is 2.04 bits per heavy atom. The molecule has 0 atom stereocenters. The number of anilines is 1. The highest BCUT2D eigenvalue weighted by atomic mass is 79.9. The van der Waals surface area contributed by atoms with Crippen LogP contribution in [0, 0.1) is 0 Å². The Morgan fingerprint density at radius 1 is 1.25 bits per heavy atom. The van der Waals surface area contributed by atoms with E-state index in [1.165, 1.54) is 10.9 Å². The zero-order valence-corrected chi connectivity index (χ0v) is 17.3. The van der Waals surface area contributed by atoms with Gasteiger partial charge in [-0.2, -0.15) is 0 Å². The van der Waals surface area contributed by atoms with Crippen molar-refractivity contribution >= 4 is 49.9 Å². The number of hydrogen-bond acceptors (Lipinski definition) is 6. The number of nitrogens with two attached hydrogens (primary N) is 1. The molecule has 0 bridgehead atoms. The summed E-state index contributed by atoms with van der Waals surface area (Å²) >= 11 is 3.54. The number of carbonyl (C=O) groups excluding carboxylic acids is 1. The summed E-state index contributed by atoms with van der Waals surface area (Å²) in [6.07, 6.45) is 4.38. The number of halogens is 1. The van der Waals surface area contributed by atoms with Gasteiger partial charge in [-0.15, -0.1) is 0 Å². The molecule has 0 radical (unpaired) electrons. The number of fused-ring (bicyclic) bond motifs is 2. The van der Waals surface area contributed by atoms with Gasteiger partial charge < -0.3 is 15.0 Å². The molecule has 4 rings (SSSR count). The van der Waals surface area contributed by atoms with Gasteiger partial charge in [0.15, 0.2) is 11.5 Å². The quantitative estimate of drug-likeness (QED) is 0.504. The molecule has 0 spiro atoms. The van der Waals surface area contributed by atoms with E-state index < -0.39 is 11.7 Å². The Bertz CT molecular complexity index is 1200. The summed E-state index contributed by atoms with van der Waals surface area (Å²) in [5.41, 5.74) is 8.17.